The van der Waals surface area contributed by atoms with E-state index in [1.54, 1.807) is 25.1 Å². The molecular weight excluding hydrogens is 314 g/mol. The van der Waals surface area contributed by atoms with Crippen molar-refractivity contribution in [3.05, 3.63) is 29.8 Å². The fourth-order valence-corrected chi connectivity index (χ4v) is 3.32. The van der Waals surface area contributed by atoms with E-state index >= 15 is 0 Å². The highest BCUT2D eigenvalue weighted by Crippen LogP contribution is 2.13. The normalized spacial score (nSPS) is 12.7. The average molecular weight is 341 g/mol. The SMILES string of the molecule is CCCCC(CN)NC(=O)c1cccc(NS(=O)(=O)CCC)c1. The Balaban J connectivity index is 2.77. The van der Waals surface area contributed by atoms with Gasteiger partial charge in [0.15, 0.2) is 0 Å². The minimum atomic E-state index is -3.37. The van der Waals surface area contributed by atoms with Gasteiger partial charge in [0.25, 0.3) is 5.91 Å². The van der Waals surface area contributed by atoms with Gasteiger partial charge in [0, 0.05) is 23.8 Å². The van der Waals surface area contributed by atoms with Crippen molar-refractivity contribution in [1.29, 1.82) is 0 Å². The van der Waals surface area contributed by atoms with Crippen LogP contribution in [0.5, 0.6) is 0 Å². The zero-order valence-electron chi connectivity index (χ0n) is 13.8. The summed E-state index contributed by atoms with van der Waals surface area (Å²) < 4.78 is 26.1. The number of carbonyl (C=O) groups is 1. The Morgan fingerprint density at radius 3 is 2.61 bits per heavy atom. The van der Waals surface area contributed by atoms with Crippen LogP contribution >= 0.6 is 0 Å². The Kier molecular flexibility index (Phi) is 8.05. The maximum Gasteiger partial charge on any atom is 0.251 e. The van der Waals surface area contributed by atoms with E-state index in [-0.39, 0.29) is 17.7 Å². The van der Waals surface area contributed by atoms with Gasteiger partial charge < -0.3 is 11.1 Å². The lowest BCUT2D eigenvalue weighted by Gasteiger charge is -2.17. The van der Waals surface area contributed by atoms with Crippen LogP contribution in [0.4, 0.5) is 5.69 Å². The van der Waals surface area contributed by atoms with Gasteiger partial charge in [-0.2, -0.15) is 0 Å². The van der Waals surface area contributed by atoms with E-state index in [9.17, 15) is 13.2 Å². The minimum Gasteiger partial charge on any atom is -0.348 e. The lowest BCUT2D eigenvalue weighted by molar-refractivity contribution is 0.0936. The van der Waals surface area contributed by atoms with Crippen molar-refractivity contribution >= 4 is 21.6 Å². The first-order valence-electron chi connectivity index (χ1n) is 8.03. The summed E-state index contributed by atoms with van der Waals surface area (Å²) in [6, 6.07) is 6.41. The molecule has 6 nitrogen and oxygen atoms in total. The number of anilines is 1. The maximum atomic E-state index is 12.3. The van der Waals surface area contributed by atoms with E-state index < -0.39 is 10.0 Å². The van der Waals surface area contributed by atoms with Crippen LogP contribution in [0.3, 0.4) is 0 Å². The summed E-state index contributed by atoms with van der Waals surface area (Å²) in [5.41, 5.74) is 6.49. The number of hydrogen-bond acceptors (Lipinski definition) is 4. The topological polar surface area (TPSA) is 101 Å². The third kappa shape index (κ3) is 7.00. The molecule has 1 atom stereocenters. The predicted molar refractivity (Wildman–Crippen MR) is 94.0 cm³/mol. The second kappa shape index (κ2) is 9.52. The number of sulfonamides is 1. The molecule has 1 amide bonds. The number of amides is 1. The lowest BCUT2D eigenvalue weighted by Crippen LogP contribution is -2.40. The molecule has 1 unspecified atom stereocenters. The Morgan fingerprint density at radius 2 is 2.00 bits per heavy atom. The van der Waals surface area contributed by atoms with Crippen LogP contribution in [0, 0.1) is 0 Å². The number of rotatable bonds is 10. The first kappa shape index (κ1) is 19.4. The molecule has 1 aromatic carbocycles. The molecule has 4 N–H and O–H groups in total. The van der Waals surface area contributed by atoms with Gasteiger partial charge in [-0.1, -0.05) is 32.8 Å². The second-order valence-corrected chi connectivity index (χ2v) is 7.39. The van der Waals surface area contributed by atoms with Crippen LogP contribution in [0.1, 0.15) is 49.9 Å². The molecule has 0 fully saturated rings. The zero-order valence-corrected chi connectivity index (χ0v) is 14.7. The fraction of sp³-hybridized carbons (Fsp3) is 0.562. The number of nitrogens with one attached hydrogen (secondary N) is 2. The molecule has 0 aliphatic carbocycles. The highest BCUT2D eigenvalue weighted by atomic mass is 32.2. The molecule has 0 aliphatic rings. The van der Waals surface area contributed by atoms with Crippen molar-refractivity contribution in [2.75, 3.05) is 17.0 Å². The lowest BCUT2D eigenvalue weighted by atomic mass is 10.1. The summed E-state index contributed by atoms with van der Waals surface area (Å²) in [5, 5.41) is 2.89. The van der Waals surface area contributed by atoms with Gasteiger partial charge in [-0.3, -0.25) is 9.52 Å². The summed E-state index contributed by atoms with van der Waals surface area (Å²) in [6.07, 6.45) is 3.41. The van der Waals surface area contributed by atoms with Crippen LogP contribution in [-0.4, -0.2) is 32.7 Å². The molecule has 0 spiro atoms. The van der Waals surface area contributed by atoms with E-state index in [1.165, 1.54) is 6.07 Å². The van der Waals surface area contributed by atoms with Gasteiger partial charge in [0.1, 0.15) is 0 Å². The van der Waals surface area contributed by atoms with E-state index in [1.807, 2.05) is 0 Å². The van der Waals surface area contributed by atoms with Crippen molar-refractivity contribution in [2.24, 2.45) is 5.73 Å². The highest BCUT2D eigenvalue weighted by Gasteiger charge is 2.14. The largest absolute Gasteiger partial charge is 0.348 e. The van der Waals surface area contributed by atoms with Crippen LogP contribution in [0.2, 0.25) is 0 Å². The monoisotopic (exact) mass is 341 g/mol. The molecule has 0 aliphatic heterocycles. The van der Waals surface area contributed by atoms with E-state index in [4.69, 9.17) is 5.73 Å². The molecule has 0 heterocycles. The second-order valence-electron chi connectivity index (χ2n) is 5.55. The number of nitrogens with two attached hydrogens (primary N) is 1. The van der Waals surface area contributed by atoms with Crippen molar-refractivity contribution in [2.45, 2.75) is 45.6 Å². The summed E-state index contributed by atoms with van der Waals surface area (Å²) in [4.78, 5) is 12.3. The van der Waals surface area contributed by atoms with Crippen molar-refractivity contribution in [3.63, 3.8) is 0 Å². The van der Waals surface area contributed by atoms with Crippen LogP contribution in [-0.2, 0) is 10.0 Å². The van der Waals surface area contributed by atoms with Crippen LogP contribution < -0.4 is 15.8 Å². The summed E-state index contributed by atoms with van der Waals surface area (Å²) >= 11 is 0. The summed E-state index contributed by atoms with van der Waals surface area (Å²) in [5.74, 6) is -0.191. The average Bonchev–Trinajstić information content (AvgIpc) is 2.50. The molecule has 23 heavy (non-hydrogen) atoms. The first-order chi connectivity index (χ1) is 10.9. The van der Waals surface area contributed by atoms with Gasteiger partial charge in [0.05, 0.1) is 5.75 Å². The Bertz CT molecular complexity index is 602. The molecule has 0 saturated carbocycles. The summed E-state index contributed by atoms with van der Waals surface area (Å²) in [7, 11) is -3.37. The van der Waals surface area contributed by atoms with Crippen LogP contribution in [0.25, 0.3) is 0 Å². The molecule has 0 bridgehead atoms. The number of carbonyl (C=O) groups excluding carboxylic acids is 1. The highest BCUT2D eigenvalue weighted by molar-refractivity contribution is 7.92. The third-order valence-corrected chi connectivity index (χ3v) is 4.89. The first-order valence-corrected chi connectivity index (χ1v) is 9.68. The van der Waals surface area contributed by atoms with E-state index in [2.05, 4.69) is 17.0 Å². The Morgan fingerprint density at radius 1 is 1.26 bits per heavy atom. The third-order valence-electron chi connectivity index (χ3n) is 3.40. The van der Waals surface area contributed by atoms with Gasteiger partial charge in [-0.15, -0.1) is 0 Å². The van der Waals surface area contributed by atoms with Gasteiger partial charge in [-0.25, -0.2) is 8.42 Å². The van der Waals surface area contributed by atoms with Gasteiger partial charge >= 0.3 is 0 Å². The van der Waals surface area contributed by atoms with Crippen molar-refractivity contribution < 1.29 is 13.2 Å². The van der Waals surface area contributed by atoms with Crippen molar-refractivity contribution in [3.8, 4) is 0 Å². The number of unbranched alkanes of at least 4 members (excludes halogenated alkanes) is 1. The molecule has 0 radical (unpaired) electrons. The molecule has 1 aromatic rings. The molecule has 0 aromatic heterocycles. The molecule has 7 heteroatoms. The molecular formula is C16H27N3O3S. The Labute approximate surface area is 138 Å². The van der Waals surface area contributed by atoms with Gasteiger partial charge in [0.2, 0.25) is 10.0 Å². The zero-order chi connectivity index (χ0) is 17.3. The molecule has 0 saturated heterocycles. The maximum absolute atomic E-state index is 12.3. The standard InChI is InChI=1S/C16H27N3O3S/c1-3-5-8-15(12-17)18-16(20)13-7-6-9-14(11-13)19-23(21,22)10-4-2/h6-7,9,11,15,19H,3-5,8,10,12,17H2,1-2H3,(H,18,20). The van der Waals surface area contributed by atoms with Crippen molar-refractivity contribution in [1.82, 2.24) is 5.32 Å². The molecule has 1 rings (SSSR count). The predicted octanol–water partition coefficient (Wildman–Crippen LogP) is 2.09. The quantitative estimate of drug-likeness (QED) is 0.606. The van der Waals surface area contributed by atoms with E-state index in [0.29, 0.717) is 24.2 Å². The number of benzene rings is 1. The smallest absolute Gasteiger partial charge is 0.251 e. The fourth-order valence-electron chi connectivity index (χ4n) is 2.19. The van der Waals surface area contributed by atoms with E-state index in [0.717, 1.165) is 19.3 Å². The summed E-state index contributed by atoms with van der Waals surface area (Å²) in [6.45, 7) is 4.27. The Hall–Kier alpha value is -1.60. The van der Waals surface area contributed by atoms with Crippen LogP contribution in [0.15, 0.2) is 24.3 Å². The number of hydrogen-bond donors (Lipinski definition) is 3. The minimum absolute atomic E-state index is 0.0513. The molecule has 130 valence electrons. The van der Waals surface area contributed by atoms with Gasteiger partial charge in [-0.05, 0) is 31.0 Å².